The van der Waals surface area contributed by atoms with Crippen molar-refractivity contribution in [2.75, 3.05) is 12.3 Å². The van der Waals surface area contributed by atoms with Gasteiger partial charge in [-0.2, -0.15) is 11.3 Å². The van der Waals surface area contributed by atoms with Crippen LogP contribution in [0.3, 0.4) is 0 Å². The van der Waals surface area contributed by atoms with Crippen LogP contribution in [-0.2, 0) is 16.4 Å². The van der Waals surface area contributed by atoms with Crippen molar-refractivity contribution in [2.24, 2.45) is 0 Å². The molecule has 1 heterocycles. The summed E-state index contributed by atoms with van der Waals surface area (Å²) in [6.45, 7) is 0.245. The molecule has 19 heavy (non-hydrogen) atoms. The third-order valence-electron chi connectivity index (χ3n) is 2.59. The van der Waals surface area contributed by atoms with Crippen LogP contribution in [0.5, 0.6) is 0 Å². The highest BCUT2D eigenvalue weighted by Crippen LogP contribution is 2.20. The van der Waals surface area contributed by atoms with E-state index in [1.165, 1.54) is 12.1 Å². The Balaban J connectivity index is 2.08. The largest absolute Gasteiger partial charge is 0.395 e. The van der Waals surface area contributed by atoms with Crippen LogP contribution < -0.4 is 10.5 Å². The smallest absolute Gasteiger partial charge is 0.242 e. The highest BCUT2D eigenvalue weighted by Gasteiger charge is 2.18. The first-order chi connectivity index (χ1) is 9.00. The molecule has 0 amide bonds. The van der Waals surface area contributed by atoms with Gasteiger partial charge >= 0.3 is 0 Å². The van der Waals surface area contributed by atoms with Crippen molar-refractivity contribution < 1.29 is 12.8 Å². The van der Waals surface area contributed by atoms with E-state index in [1.54, 1.807) is 11.3 Å². The third-order valence-corrected chi connectivity index (χ3v) is 4.84. The highest BCUT2D eigenvalue weighted by atomic mass is 32.2. The molecule has 4 nitrogen and oxygen atoms in total. The zero-order valence-electron chi connectivity index (χ0n) is 9.97. The standard InChI is InChI=1S/C12H13FN2O2S2/c13-10-2-1-3-11(12(10)14)19(16,17)15-6-4-9-5-7-18-8-9/h1-3,5,7-8,15H,4,6,14H2. The summed E-state index contributed by atoms with van der Waals surface area (Å²) in [6, 6.07) is 5.65. The van der Waals surface area contributed by atoms with Gasteiger partial charge in [0.1, 0.15) is 10.7 Å². The first kappa shape index (κ1) is 14.0. The summed E-state index contributed by atoms with van der Waals surface area (Å²) in [4.78, 5) is -0.224. The molecule has 2 rings (SSSR count). The molecule has 0 fully saturated rings. The molecule has 1 aromatic heterocycles. The molecular formula is C12H13FN2O2S2. The molecule has 0 saturated carbocycles. The van der Waals surface area contributed by atoms with Crippen molar-refractivity contribution in [1.82, 2.24) is 4.72 Å². The van der Waals surface area contributed by atoms with Gasteiger partial charge in [-0.15, -0.1) is 0 Å². The highest BCUT2D eigenvalue weighted by molar-refractivity contribution is 7.89. The summed E-state index contributed by atoms with van der Waals surface area (Å²) in [5, 5.41) is 3.87. The normalized spacial score (nSPS) is 11.6. The van der Waals surface area contributed by atoms with E-state index in [0.717, 1.165) is 11.6 Å². The number of nitrogen functional groups attached to an aromatic ring is 1. The van der Waals surface area contributed by atoms with E-state index >= 15 is 0 Å². The van der Waals surface area contributed by atoms with Crippen molar-refractivity contribution in [3.63, 3.8) is 0 Å². The Morgan fingerprint density at radius 1 is 1.32 bits per heavy atom. The molecule has 0 unspecified atom stereocenters. The van der Waals surface area contributed by atoms with Crippen LogP contribution in [0, 0.1) is 5.82 Å². The number of benzene rings is 1. The lowest BCUT2D eigenvalue weighted by atomic mass is 10.2. The van der Waals surface area contributed by atoms with Crippen molar-refractivity contribution in [1.29, 1.82) is 0 Å². The maximum absolute atomic E-state index is 13.2. The molecule has 0 aliphatic heterocycles. The first-order valence-electron chi connectivity index (χ1n) is 5.55. The fourth-order valence-corrected chi connectivity index (χ4v) is 3.47. The van der Waals surface area contributed by atoms with E-state index in [4.69, 9.17) is 5.73 Å². The van der Waals surface area contributed by atoms with Crippen LogP contribution >= 0.6 is 11.3 Å². The van der Waals surface area contributed by atoms with Crippen LogP contribution in [-0.4, -0.2) is 15.0 Å². The van der Waals surface area contributed by atoms with Crippen molar-refractivity contribution in [3.8, 4) is 0 Å². The molecule has 2 aromatic rings. The Hall–Kier alpha value is -1.44. The van der Waals surface area contributed by atoms with E-state index in [-0.39, 0.29) is 17.1 Å². The molecule has 3 N–H and O–H groups in total. The lowest BCUT2D eigenvalue weighted by molar-refractivity contribution is 0.579. The van der Waals surface area contributed by atoms with E-state index in [0.29, 0.717) is 6.42 Å². The van der Waals surface area contributed by atoms with Gasteiger partial charge in [0.05, 0.1) is 5.69 Å². The van der Waals surface area contributed by atoms with E-state index < -0.39 is 15.8 Å². The van der Waals surface area contributed by atoms with E-state index in [1.807, 2.05) is 16.8 Å². The number of hydrogen-bond donors (Lipinski definition) is 2. The molecule has 0 saturated heterocycles. The predicted molar refractivity (Wildman–Crippen MR) is 74.0 cm³/mol. The van der Waals surface area contributed by atoms with Crippen molar-refractivity contribution >= 4 is 27.0 Å². The van der Waals surface area contributed by atoms with Crippen LogP contribution in [0.1, 0.15) is 5.56 Å². The number of anilines is 1. The monoisotopic (exact) mass is 300 g/mol. The number of nitrogens with two attached hydrogens (primary N) is 1. The Labute approximate surface area is 115 Å². The van der Waals surface area contributed by atoms with Crippen LogP contribution in [0.4, 0.5) is 10.1 Å². The fraction of sp³-hybridized carbons (Fsp3) is 0.167. The Morgan fingerprint density at radius 3 is 2.79 bits per heavy atom. The summed E-state index contributed by atoms with van der Waals surface area (Å²) in [7, 11) is -3.78. The minimum atomic E-state index is -3.78. The number of nitrogens with one attached hydrogen (secondary N) is 1. The summed E-state index contributed by atoms with van der Waals surface area (Å²) in [5.41, 5.74) is 6.14. The van der Waals surface area contributed by atoms with Gasteiger partial charge in [-0.25, -0.2) is 17.5 Å². The molecular weight excluding hydrogens is 287 g/mol. The number of sulfonamides is 1. The van der Waals surface area contributed by atoms with E-state index in [2.05, 4.69) is 4.72 Å². The molecule has 0 spiro atoms. The Kier molecular flexibility index (Phi) is 4.18. The van der Waals surface area contributed by atoms with Gasteiger partial charge in [-0.1, -0.05) is 6.07 Å². The van der Waals surface area contributed by atoms with Crippen molar-refractivity contribution in [3.05, 3.63) is 46.4 Å². The maximum atomic E-state index is 13.2. The zero-order valence-corrected chi connectivity index (χ0v) is 11.6. The molecule has 0 bridgehead atoms. The molecule has 7 heteroatoms. The van der Waals surface area contributed by atoms with Crippen LogP contribution in [0.25, 0.3) is 0 Å². The molecule has 0 aliphatic rings. The van der Waals surface area contributed by atoms with Gasteiger partial charge < -0.3 is 5.73 Å². The number of thiophene rings is 1. The number of hydrogen-bond acceptors (Lipinski definition) is 4. The number of para-hydroxylation sites is 1. The van der Waals surface area contributed by atoms with Gasteiger partial charge in [0, 0.05) is 6.54 Å². The molecule has 0 radical (unpaired) electrons. The average molecular weight is 300 g/mol. The van der Waals surface area contributed by atoms with Gasteiger partial charge in [-0.05, 0) is 40.9 Å². The second kappa shape index (κ2) is 5.68. The summed E-state index contributed by atoms with van der Waals surface area (Å²) in [6.07, 6.45) is 0.581. The lowest BCUT2D eigenvalue weighted by Crippen LogP contribution is -2.26. The topological polar surface area (TPSA) is 72.2 Å². The Morgan fingerprint density at radius 2 is 2.11 bits per heavy atom. The average Bonchev–Trinajstić information content (AvgIpc) is 2.85. The van der Waals surface area contributed by atoms with Gasteiger partial charge in [0.25, 0.3) is 0 Å². The van der Waals surface area contributed by atoms with Gasteiger partial charge in [0.2, 0.25) is 10.0 Å². The zero-order chi connectivity index (χ0) is 13.9. The summed E-state index contributed by atoms with van der Waals surface area (Å²) >= 11 is 1.55. The van der Waals surface area contributed by atoms with E-state index in [9.17, 15) is 12.8 Å². The number of rotatable bonds is 5. The van der Waals surface area contributed by atoms with Crippen molar-refractivity contribution in [2.45, 2.75) is 11.3 Å². The second-order valence-corrected chi connectivity index (χ2v) is 6.45. The van der Waals surface area contributed by atoms with Crippen LogP contribution in [0.2, 0.25) is 0 Å². The number of halogens is 1. The van der Waals surface area contributed by atoms with Gasteiger partial charge in [-0.3, -0.25) is 0 Å². The van der Waals surface area contributed by atoms with Gasteiger partial charge in [0.15, 0.2) is 0 Å². The Bertz CT molecular complexity index is 654. The van der Waals surface area contributed by atoms with Crippen LogP contribution in [0.15, 0.2) is 39.9 Å². The predicted octanol–water partition coefficient (Wildman–Crippen LogP) is 1.99. The minimum absolute atomic E-state index is 0.224. The molecule has 0 aliphatic carbocycles. The summed E-state index contributed by atoms with van der Waals surface area (Å²) < 4.78 is 39.6. The quantitative estimate of drug-likeness (QED) is 0.830. The minimum Gasteiger partial charge on any atom is -0.395 e. The molecule has 102 valence electrons. The third kappa shape index (κ3) is 3.31. The molecule has 1 aromatic carbocycles. The maximum Gasteiger partial charge on any atom is 0.242 e. The second-order valence-electron chi connectivity index (χ2n) is 3.93. The first-order valence-corrected chi connectivity index (χ1v) is 7.98. The fourth-order valence-electron chi connectivity index (χ4n) is 1.59. The summed E-state index contributed by atoms with van der Waals surface area (Å²) in [5.74, 6) is -0.735. The lowest BCUT2D eigenvalue weighted by Gasteiger charge is -2.09. The molecule has 0 atom stereocenters. The SMILES string of the molecule is Nc1c(F)cccc1S(=O)(=O)NCCc1ccsc1.